The van der Waals surface area contributed by atoms with Crippen LogP contribution in [0.5, 0.6) is 0 Å². The smallest absolute Gasteiger partial charge is 0.264 e. The number of aromatic nitrogens is 1. The number of carbonyl (C=O) groups excluding carboxylic acids is 1. The van der Waals surface area contributed by atoms with Crippen LogP contribution in [0.4, 0.5) is 5.13 Å². The molecule has 2 aromatic heterocycles. The first-order valence-corrected chi connectivity index (χ1v) is 8.78. The third-order valence-corrected chi connectivity index (χ3v) is 6.05. The van der Waals surface area contributed by atoms with Gasteiger partial charge in [0.1, 0.15) is 0 Å². The number of rotatable bonds is 2. The SMILES string of the molecule is Cc1ccsc1C(=O)N1CCN(c2nc(C)c(C)s2)CC1. The standard InChI is InChI=1S/C15H19N3OS2/c1-10-4-9-20-13(10)14(19)17-5-7-18(8-6-17)15-16-11(2)12(3)21-15/h4,9H,5-8H2,1-3H3. The minimum absolute atomic E-state index is 0.175. The van der Waals surface area contributed by atoms with E-state index in [9.17, 15) is 4.79 Å². The van der Waals surface area contributed by atoms with Gasteiger partial charge < -0.3 is 9.80 Å². The van der Waals surface area contributed by atoms with Gasteiger partial charge in [-0.25, -0.2) is 4.98 Å². The third-order valence-electron chi connectivity index (χ3n) is 3.91. The monoisotopic (exact) mass is 321 g/mol. The molecule has 1 aliphatic rings. The van der Waals surface area contributed by atoms with Crippen LogP contribution in [0.3, 0.4) is 0 Å². The van der Waals surface area contributed by atoms with Crippen molar-refractivity contribution in [1.82, 2.24) is 9.88 Å². The molecule has 4 nitrogen and oxygen atoms in total. The molecular weight excluding hydrogens is 302 g/mol. The first kappa shape index (κ1) is 14.5. The number of nitrogens with zero attached hydrogens (tertiary/aromatic N) is 3. The minimum Gasteiger partial charge on any atom is -0.345 e. The van der Waals surface area contributed by atoms with Crippen LogP contribution in [0.25, 0.3) is 0 Å². The van der Waals surface area contributed by atoms with Gasteiger partial charge in [-0.15, -0.1) is 22.7 Å². The summed E-state index contributed by atoms with van der Waals surface area (Å²) in [7, 11) is 0. The number of piperazine rings is 1. The second kappa shape index (κ2) is 5.77. The third kappa shape index (κ3) is 2.82. The highest BCUT2D eigenvalue weighted by Gasteiger charge is 2.25. The maximum absolute atomic E-state index is 12.5. The van der Waals surface area contributed by atoms with E-state index in [1.807, 2.05) is 23.3 Å². The van der Waals surface area contributed by atoms with Crippen molar-refractivity contribution in [3.63, 3.8) is 0 Å². The van der Waals surface area contributed by atoms with Gasteiger partial charge in [-0.05, 0) is 37.8 Å². The quantitative estimate of drug-likeness (QED) is 0.853. The fraction of sp³-hybridized carbons (Fsp3) is 0.467. The lowest BCUT2D eigenvalue weighted by atomic mass is 10.2. The highest BCUT2D eigenvalue weighted by Crippen LogP contribution is 2.26. The number of anilines is 1. The van der Waals surface area contributed by atoms with Crippen LogP contribution in [0, 0.1) is 20.8 Å². The molecule has 1 amide bonds. The molecule has 0 aromatic carbocycles. The molecule has 0 aliphatic carbocycles. The summed E-state index contributed by atoms with van der Waals surface area (Å²) in [6, 6.07) is 2.01. The Bertz CT molecular complexity index is 634. The Balaban J connectivity index is 1.65. The molecule has 0 bridgehead atoms. The molecule has 0 radical (unpaired) electrons. The van der Waals surface area contributed by atoms with Crippen molar-refractivity contribution in [2.75, 3.05) is 31.1 Å². The van der Waals surface area contributed by atoms with Crippen LogP contribution in [0.15, 0.2) is 11.4 Å². The number of carbonyl (C=O) groups is 1. The molecule has 3 heterocycles. The zero-order valence-corrected chi connectivity index (χ0v) is 14.2. The highest BCUT2D eigenvalue weighted by atomic mass is 32.1. The van der Waals surface area contributed by atoms with Gasteiger partial charge in [-0.3, -0.25) is 4.79 Å². The van der Waals surface area contributed by atoms with Crippen LogP contribution < -0.4 is 4.90 Å². The topological polar surface area (TPSA) is 36.4 Å². The van der Waals surface area contributed by atoms with Crippen LogP contribution in [-0.2, 0) is 0 Å². The second-order valence-electron chi connectivity index (χ2n) is 5.35. The second-order valence-corrected chi connectivity index (χ2v) is 7.45. The van der Waals surface area contributed by atoms with E-state index in [0.717, 1.165) is 47.4 Å². The lowest BCUT2D eigenvalue weighted by Crippen LogP contribution is -2.48. The molecule has 1 saturated heterocycles. The van der Waals surface area contributed by atoms with Crippen LogP contribution in [0.2, 0.25) is 0 Å². The van der Waals surface area contributed by atoms with Crippen molar-refractivity contribution in [2.24, 2.45) is 0 Å². The number of thiazole rings is 1. The van der Waals surface area contributed by atoms with E-state index in [4.69, 9.17) is 0 Å². The number of aryl methyl sites for hydroxylation is 3. The number of thiophene rings is 1. The van der Waals surface area contributed by atoms with Gasteiger partial charge in [0.15, 0.2) is 5.13 Å². The summed E-state index contributed by atoms with van der Waals surface area (Å²) in [6.45, 7) is 9.43. The van der Waals surface area contributed by atoms with Crippen molar-refractivity contribution in [3.05, 3.63) is 32.5 Å². The minimum atomic E-state index is 0.175. The summed E-state index contributed by atoms with van der Waals surface area (Å²) in [4.78, 5) is 23.5. The van der Waals surface area contributed by atoms with E-state index in [0.29, 0.717) is 0 Å². The van der Waals surface area contributed by atoms with Crippen LogP contribution in [-0.4, -0.2) is 42.0 Å². The Morgan fingerprint density at radius 2 is 1.90 bits per heavy atom. The van der Waals surface area contributed by atoms with E-state index in [2.05, 4.69) is 23.7 Å². The summed E-state index contributed by atoms with van der Waals surface area (Å²) < 4.78 is 0. The highest BCUT2D eigenvalue weighted by molar-refractivity contribution is 7.15. The normalized spacial score (nSPS) is 15.6. The Labute approximate surface area is 133 Å². The van der Waals surface area contributed by atoms with E-state index in [1.54, 1.807) is 11.3 Å². The summed E-state index contributed by atoms with van der Waals surface area (Å²) in [5, 5.41) is 3.07. The Morgan fingerprint density at radius 3 is 2.43 bits per heavy atom. The molecule has 2 aromatic rings. The Kier molecular flexibility index (Phi) is 3.99. The average Bonchev–Trinajstić information content (AvgIpc) is 3.05. The molecular formula is C15H19N3OS2. The lowest BCUT2D eigenvalue weighted by Gasteiger charge is -2.34. The predicted molar refractivity (Wildman–Crippen MR) is 88.8 cm³/mol. The zero-order valence-electron chi connectivity index (χ0n) is 12.5. The molecule has 0 saturated carbocycles. The first-order valence-electron chi connectivity index (χ1n) is 7.08. The molecule has 112 valence electrons. The molecule has 0 spiro atoms. The van der Waals surface area contributed by atoms with Gasteiger partial charge in [-0.2, -0.15) is 0 Å². The van der Waals surface area contributed by atoms with Crippen molar-refractivity contribution < 1.29 is 4.79 Å². The molecule has 0 atom stereocenters. The summed E-state index contributed by atoms with van der Waals surface area (Å²) in [5.41, 5.74) is 2.20. The predicted octanol–water partition coefficient (Wildman–Crippen LogP) is 3.09. The average molecular weight is 321 g/mol. The molecule has 0 N–H and O–H groups in total. The van der Waals surface area contributed by atoms with E-state index < -0.39 is 0 Å². The zero-order chi connectivity index (χ0) is 15.0. The van der Waals surface area contributed by atoms with Gasteiger partial charge >= 0.3 is 0 Å². The van der Waals surface area contributed by atoms with Crippen LogP contribution in [0.1, 0.15) is 25.8 Å². The summed E-state index contributed by atoms with van der Waals surface area (Å²) in [5.74, 6) is 0.175. The lowest BCUT2D eigenvalue weighted by molar-refractivity contribution is 0.0751. The number of amides is 1. The molecule has 1 aliphatic heterocycles. The Hall–Kier alpha value is -1.40. The molecule has 6 heteroatoms. The van der Waals surface area contributed by atoms with Crippen molar-refractivity contribution in [2.45, 2.75) is 20.8 Å². The summed E-state index contributed by atoms with van der Waals surface area (Å²) >= 11 is 3.28. The Morgan fingerprint density at radius 1 is 1.19 bits per heavy atom. The van der Waals surface area contributed by atoms with Gasteiger partial charge in [0.2, 0.25) is 0 Å². The van der Waals surface area contributed by atoms with Gasteiger partial charge in [0, 0.05) is 31.1 Å². The van der Waals surface area contributed by atoms with Gasteiger partial charge in [0.05, 0.1) is 10.6 Å². The van der Waals surface area contributed by atoms with E-state index in [-0.39, 0.29) is 5.91 Å². The summed E-state index contributed by atoms with van der Waals surface area (Å²) in [6.07, 6.45) is 0. The van der Waals surface area contributed by atoms with Crippen LogP contribution >= 0.6 is 22.7 Å². The van der Waals surface area contributed by atoms with Crippen molar-refractivity contribution >= 4 is 33.7 Å². The van der Waals surface area contributed by atoms with Gasteiger partial charge in [-0.1, -0.05) is 0 Å². The van der Waals surface area contributed by atoms with E-state index in [1.165, 1.54) is 16.2 Å². The fourth-order valence-corrected chi connectivity index (χ4v) is 4.28. The first-order chi connectivity index (χ1) is 10.1. The van der Waals surface area contributed by atoms with Gasteiger partial charge in [0.25, 0.3) is 5.91 Å². The number of hydrogen-bond acceptors (Lipinski definition) is 5. The molecule has 21 heavy (non-hydrogen) atoms. The maximum Gasteiger partial charge on any atom is 0.264 e. The molecule has 1 fully saturated rings. The van der Waals surface area contributed by atoms with E-state index >= 15 is 0 Å². The maximum atomic E-state index is 12.5. The van der Waals surface area contributed by atoms with Crippen molar-refractivity contribution in [1.29, 1.82) is 0 Å². The number of hydrogen-bond donors (Lipinski definition) is 0. The largest absolute Gasteiger partial charge is 0.345 e. The van der Waals surface area contributed by atoms with Crippen molar-refractivity contribution in [3.8, 4) is 0 Å². The molecule has 3 rings (SSSR count). The molecule has 0 unspecified atom stereocenters. The fourth-order valence-electron chi connectivity index (χ4n) is 2.43.